The van der Waals surface area contributed by atoms with Crippen LogP contribution in [0.4, 0.5) is 0 Å². The number of H-pyrrole nitrogens is 1. The second kappa shape index (κ2) is 8.91. The number of nitrogens with zero attached hydrogens (tertiary/aromatic N) is 2. The van der Waals surface area contributed by atoms with E-state index in [4.69, 9.17) is 0 Å². The first-order valence-electron chi connectivity index (χ1n) is 10.4. The molecule has 0 unspecified atom stereocenters. The highest BCUT2D eigenvalue weighted by atomic mass is 16.2. The zero-order valence-corrected chi connectivity index (χ0v) is 17.1. The number of hydrogen-bond donors (Lipinski definition) is 1. The average Bonchev–Trinajstić information content (AvgIpc) is 2.77. The second-order valence-corrected chi connectivity index (χ2v) is 7.51. The Morgan fingerprint density at radius 1 is 0.967 bits per heavy atom. The predicted molar refractivity (Wildman–Crippen MR) is 120 cm³/mol. The van der Waals surface area contributed by atoms with E-state index in [-0.39, 0.29) is 11.5 Å². The number of amides is 1. The summed E-state index contributed by atoms with van der Waals surface area (Å²) >= 11 is 0. The molecule has 1 N–H and O–H groups in total. The van der Waals surface area contributed by atoms with Crippen molar-refractivity contribution in [2.24, 2.45) is 0 Å². The summed E-state index contributed by atoms with van der Waals surface area (Å²) in [6.07, 6.45) is 2.21. The lowest BCUT2D eigenvalue weighted by Crippen LogP contribution is -2.34. The van der Waals surface area contributed by atoms with Gasteiger partial charge in [0.2, 0.25) is 5.91 Å². The van der Waals surface area contributed by atoms with Gasteiger partial charge < -0.3 is 9.88 Å². The summed E-state index contributed by atoms with van der Waals surface area (Å²) in [6.45, 7) is 3.03. The van der Waals surface area contributed by atoms with Gasteiger partial charge >= 0.3 is 0 Å². The fourth-order valence-corrected chi connectivity index (χ4v) is 3.75. The van der Waals surface area contributed by atoms with Crippen molar-refractivity contribution >= 4 is 27.6 Å². The number of rotatable bonds is 7. The molecule has 0 radical (unpaired) electrons. The van der Waals surface area contributed by atoms with Crippen LogP contribution in [-0.4, -0.2) is 27.3 Å². The molecule has 0 aliphatic rings. The molecule has 152 valence electrons. The Bertz CT molecular complexity index is 1240. The first-order valence-corrected chi connectivity index (χ1v) is 10.4. The number of hydrogen-bond acceptors (Lipinski definition) is 3. The van der Waals surface area contributed by atoms with Gasteiger partial charge in [-0.3, -0.25) is 9.59 Å². The van der Waals surface area contributed by atoms with Crippen molar-refractivity contribution in [2.75, 3.05) is 6.54 Å². The number of aromatic nitrogens is 2. The maximum absolute atomic E-state index is 13.2. The smallest absolute Gasteiger partial charge is 0.258 e. The maximum atomic E-state index is 13.2. The van der Waals surface area contributed by atoms with E-state index in [1.165, 1.54) is 0 Å². The van der Waals surface area contributed by atoms with Crippen molar-refractivity contribution in [2.45, 2.75) is 32.7 Å². The highest BCUT2D eigenvalue weighted by Crippen LogP contribution is 2.20. The Morgan fingerprint density at radius 3 is 2.53 bits per heavy atom. The van der Waals surface area contributed by atoms with Crippen LogP contribution in [-0.2, 0) is 17.8 Å². The number of fused-ring (bicyclic) bond motifs is 2. The summed E-state index contributed by atoms with van der Waals surface area (Å²) in [6, 6.07) is 21.4. The van der Waals surface area contributed by atoms with Gasteiger partial charge in [-0.2, -0.15) is 0 Å². The van der Waals surface area contributed by atoms with E-state index >= 15 is 0 Å². The predicted octanol–water partition coefficient (Wildman–Crippen LogP) is 4.45. The summed E-state index contributed by atoms with van der Waals surface area (Å²) in [4.78, 5) is 34.8. The SMILES string of the molecule is CCCCN(Cc1nc2ccccc2c(=O)[nH]1)C(=O)Cc1cccc2ccccc12. The number of aromatic amines is 1. The normalized spacial score (nSPS) is 11.1. The Kier molecular flexibility index (Phi) is 5.89. The summed E-state index contributed by atoms with van der Waals surface area (Å²) in [7, 11) is 0. The first kappa shape index (κ1) is 19.8. The number of carbonyl (C=O) groups excluding carboxylic acids is 1. The Labute approximate surface area is 175 Å². The molecule has 0 bridgehead atoms. The summed E-state index contributed by atoms with van der Waals surface area (Å²) in [5.41, 5.74) is 1.49. The van der Waals surface area contributed by atoms with Gasteiger partial charge in [-0.25, -0.2) is 4.98 Å². The van der Waals surface area contributed by atoms with Crippen LogP contribution in [0, 0.1) is 0 Å². The van der Waals surface area contributed by atoms with Gasteiger partial charge in [-0.1, -0.05) is 67.9 Å². The van der Waals surface area contributed by atoms with E-state index in [2.05, 4.69) is 35.1 Å². The largest absolute Gasteiger partial charge is 0.335 e. The van der Waals surface area contributed by atoms with Gasteiger partial charge in [-0.15, -0.1) is 0 Å². The fourth-order valence-electron chi connectivity index (χ4n) is 3.75. The number of para-hydroxylation sites is 1. The summed E-state index contributed by atoms with van der Waals surface area (Å²) < 4.78 is 0. The van der Waals surface area contributed by atoms with Crippen LogP contribution in [0.25, 0.3) is 21.7 Å². The summed E-state index contributed by atoms with van der Waals surface area (Å²) in [5.74, 6) is 0.552. The van der Waals surface area contributed by atoms with Gasteiger partial charge in [0, 0.05) is 6.54 Å². The minimum absolute atomic E-state index is 0.0376. The van der Waals surface area contributed by atoms with Crippen LogP contribution in [0.15, 0.2) is 71.5 Å². The molecule has 0 atom stereocenters. The van der Waals surface area contributed by atoms with Crippen molar-refractivity contribution in [1.29, 1.82) is 0 Å². The van der Waals surface area contributed by atoms with E-state index in [0.29, 0.717) is 36.2 Å². The molecule has 4 rings (SSSR count). The summed E-state index contributed by atoms with van der Waals surface area (Å²) in [5, 5.41) is 2.79. The van der Waals surface area contributed by atoms with Crippen molar-refractivity contribution in [1.82, 2.24) is 14.9 Å². The van der Waals surface area contributed by atoms with Gasteiger partial charge in [0.15, 0.2) is 0 Å². The van der Waals surface area contributed by atoms with Crippen LogP contribution >= 0.6 is 0 Å². The highest BCUT2D eigenvalue weighted by molar-refractivity contribution is 5.90. The molecule has 1 amide bonds. The third-order valence-electron chi connectivity index (χ3n) is 5.36. The van der Waals surface area contributed by atoms with Crippen LogP contribution in [0.2, 0.25) is 0 Å². The molecule has 0 saturated carbocycles. The van der Waals surface area contributed by atoms with E-state index in [1.54, 1.807) is 11.0 Å². The van der Waals surface area contributed by atoms with Gasteiger partial charge in [0.1, 0.15) is 5.82 Å². The zero-order valence-electron chi connectivity index (χ0n) is 17.1. The molecule has 5 heteroatoms. The Balaban J connectivity index is 1.60. The molecule has 3 aromatic carbocycles. The molecule has 1 aromatic heterocycles. The van der Waals surface area contributed by atoms with Crippen molar-refractivity contribution < 1.29 is 4.79 Å². The molecule has 5 nitrogen and oxygen atoms in total. The van der Waals surface area contributed by atoms with E-state index in [1.807, 2.05) is 42.5 Å². The molecule has 30 heavy (non-hydrogen) atoms. The fraction of sp³-hybridized carbons (Fsp3) is 0.240. The lowest BCUT2D eigenvalue weighted by atomic mass is 10.0. The third-order valence-corrected chi connectivity index (χ3v) is 5.36. The van der Waals surface area contributed by atoms with Crippen molar-refractivity contribution in [3.63, 3.8) is 0 Å². The third kappa shape index (κ3) is 4.25. The lowest BCUT2D eigenvalue weighted by molar-refractivity contribution is -0.131. The lowest BCUT2D eigenvalue weighted by Gasteiger charge is -2.22. The standard InChI is InChI=1S/C25H25N3O2/c1-2-3-15-28(17-23-26-22-14-7-6-13-21(22)25(30)27-23)24(29)16-19-11-8-10-18-9-4-5-12-20(18)19/h4-14H,2-3,15-17H2,1H3,(H,26,27,30). The number of benzene rings is 3. The number of carbonyl (C=O) groups is 1. The second-order valence-electron chi connectivity index (χ2n) is 7.51. The quantitative estimate of drug-likeness (QED) is 0.499. The van der Waals surface area contributed by atoms with E-state index < -0.39 is 0 Å². The average molecular weight is 399 g/mol. The minimum atomic E-state index is -0.174. The number of unbranched alkanes of at least 4 members (excludes halogenated alkanes) is 1. The van der Waals surface area contributed by atoms with Crippen LogP contribution in [0.3, 0.4) is 0 Å². The molecular weight excluding hydrogens is 374 g/mol. The molecule has 0 aliphatic carbocycles. The zero-order chi connectivity index (χ0) is 20.9. The topological polar surface area (TPSA) is 66.1 Å². The van der Waals surface area contributed by atoms with E-state index in [0.717, 1.165) is 29.2 Å². The van der Waals surface area contributed by atoms with Crippen molar-refractivity contribution in [3.8, 4) is 0 Å². The highest BCUT2D eigenvalue weighted by Gasteiger charge is 2.17. The van der Waals surface area contributed by atoms with E-state index in [9.17, 15) is 9.59 Å². The molecule has 4 aromatic rings. The van der Waals surface area contributed by atoms with Crippen LogP contribution in [0.1, 0.15) is 31.2 Å². The molecule has 0 fully saturated rings. The molecule has 1 heterocycles. The van der Waals surface area contributed by atoms with Crippen LogP contribution < -0.4 is 5.56 Å². The molecular formula is C25H25N3O2. The maximum Gasteiger partial charge on any atom is 0.258 e. The molecule has 0 aliphatic heterocycles. The van der Waals surface area contributed by atoms with Crippen molar-refractivity contribution in [3.05, 3.63) is 88.5 Å². The monoisotopic (exact) mass is 399 g/mol. The minimum Gasteiger partial charge on any atom is -0.335 e. The van der Waals surface area contributed by atoms with Crippen LogP contribution in [0.5, 0.6) is 0 Å². The first-order chi connectivity index (χ1) is 14.7. The van der Waals surface area contributed by atoms with Gasteiger partial charge in [-0.05, 0) is 34.9 Å². The molecule has 0 spiro atoms. The molecule has 0 saturated heterocycles. The van der Waals surface area contributed by atoms with Gasteiger partial charge in [0.25, 0.3) is 5.56 Å². The Hall–Kier alpha value is -3.47. The number of nitrogens with one attached hydrogen (secondary N) is 1. The van der Waals surface area contributed by atoms with Gasteiger partial charge in [0.05, 0.1) is 23.9 Å². The Morgan fingerprint density at radius 2 is 1.70 bits per heavy atom.